The number of ketones is 2. The summed E-state index contributed by atoms with van der Waals surface area (Å²) < 4.78 is 12.1. The van der Waals surface area contributed by atoms with E-state index in [2.05, 4.69) is 111 Å². The first kappa shape index (κ1) is 96.3. The van der Waals surface area contributed by atoms with E-state index in [9.17, 15) is 48.3 Å². The normalized spacial score (nSPS) is 14.3. The van der Waals surface area contributed by atoms with Crippen molar-refractivity contribution in [2.45, 2.75) is 140 Å². The third-order valence-electron chi connectivity index (χ3n) is 19.4. The molecule has 116 heavy (non-hydrogen) atoms. The van der Waals surface area contributed by atoms with Crippen LogP contribution in [0.2, 0.25) is 0 Å². The Morgan fingerprint density at radius 2 is 0.845 bits per heavy atom. The summed E-state index contributed by atoms with van der Waals surface area (Å²) in [7, 11) is 0. The number of aryl methyl sites for hydroxylation is 4. The maximum atomic E-state index is 13.0. The van der Waals surface area contributed by atoms with Gasteiger partial charge in [-0.25, -0.2) is 34.5 Å². The fourth-order valence-corrected chi connectivity index (χ4v) is 13.7. The number of Topliss-reactive ketones (excluding diaryl/α,β-unsaturated/α-hetero) is 2. The van der Waals surface area contributed by atoms with Gasteiger partial charge >= 0.3 is 115 Å². The molecule has 0 aliphatic carbocycles. The molecule has 8 aromatic heterocycles. The van der Waals surface area contributed by atoms with E-state index in [4.69, 9.17) is 24.7 Å². The largest absolute Gasteiger partial charge is 1.00 e. The van der Waals surface area contributed by atoms with Crippen molar-refractivity contribution in [1.82, 2.24) is 69.3 Å². The first-order valence-electron chi connectivity index (χ1n) is 36.0. The summed E-state index contributed by atoms with van der Waals surface area (Å²) in [5.74, 6) is -0.268. The second-order valence-corrected chi connectivity index (χ2v) is 31.3. The summed E-state index contributed by atoms with van der Waals surface area (Å²) in [5, 5.41) is 29.7. The molecule has 0 atom stereocenters. The number of aromatic amines is 1. The van der Waals surface area contributed by atoms with Crippen molar-refractivity contribution < 1.29 is 157 Å². The van der Waals surface area contributed by atoms with Crippen LogP contribution in [0.15, 0.2) is 171 Å². The number of pyridine rings is 3. The monoisotopic (exact) mass is 1760 g/mol. The van der Waals surface area contributed by atoms with Crippen LogP contribution in [0.1, 0.15) is 163 Å². The van der Waals surface area contributed by atoms with E-state index in [0.29, 0.717) is 75.2 Å². The number of carbonyl (C=O) groups excluding carboxylic acids is 4. The van der Waals surface area contributed by atoms with E-state index >= 15 is 0 Å². The minimum absolute atomic E-state index is 0. The molecule has 29 nitrogen and oxygen atoms in total. The number of hydrogen-bond acceptors (Lipinski definition) is 22. The molecule has 12 heterocycles. The number of esters is 1. The Hall–Kier alpha value is -8.53. The van der Waals surface area contributed by atoms with Gasteiger partial charge < -0.3 is 41.5 Å². The van der Waals surface area contributed by atoms with E-state index < -0.39 is 30.5 Å². The fourth-order valence-electron chi connectivity index (χ4n) is 13.4. The number of nitrogens with zero attached hydrogens (tertiary/aromatic N) is 12. The Labute approximate surface area is 770 Å². The minimum Gasteiger partial charge on any atom is -0.870 e. The predicted octanol–water partition coefficient (Wildman–Crippen LogP) is 5.75. The SMILES string of the molecule is Br.CC(=O)O.CC1(C)CCc2nc3cc(-c4ncc(-c5ccccn5)[nH]4)ccc3c(=O)n2C1.CC1(C)CCc2nc3cc(C(=O)O)ccc3c(=O)n2C1.CC1(C)CCc2nc3cc(C(=O)OCC(=O)c4ccccn4)ccc3c(=O)n2C1.CC1(C)CCc2nc3cc(C(=O)[O-])ccc3c(=O)n2C1.N.O=C(CBr)c1ccccn1.[K+].[K+].[OH-]. The van der Waals surface area contributed by atoms with Crippen LogP contribution in [0.5, 0.6) is 0 Å². The molecule has 0 radical (unpaired) electrons. The Kier molecular flexibility index (Phi) is 34.2. The number of carboxylic acid groups (broad SMARTS) is 3. The maximum Gasteiger partial charge on any atom is 1.00 e. The van der Waals surface area contributed by atoms with Crippen LogP contribution in [-0.2, 0) is 61.4 Å². The number of benzene rings is 4. The Morgan fingerprint density at radius 1 is 0.491 bits per heavy atom. The number of carbonyl (C=O) groups is 6. The second-order valence-electron chi connectivity index (χ2n) is 30.7. The molecule has 33 heteroatoms. The molecule has 0 saturated carbocycles. The smallest absolute Gasteiger partial charge is 0.870 e. The molecule has 4 aliphatic heterocycles. The van der Waals surface area contributed by atoms with Gasteiger partial charge in [-0.3, -0.25) is 66.8 Å². The van der Waals surface area contributed by atoms with Crippen LogP contribution in [0.3, 0.4) is 0 Å². The van der Waals surface area contributed by atoms with Crippen molar-refractivity contribution >= 4 is 112 Å². The van der Waals surface area contributed by atoms with Crippen molar-refractivity contribution in [3.8, 4) is 22.8 Å². The number of ether oxygens (including phenoxy) is 1. The van der Waals surface area contributed by atoms with Crippen LogP contribution in [0.25, 0.3) is 66.4 Å². The Balaban J connectivity index is 0.000000227. The summed E-state index contributed by atoms with van der Waals surface area (Å²) >= 11 is 3.06. The zero-order valence-electron chi connectivity index (χ0n) is 66.4. The first-order valence-corrected chi connectivity index (χ1v) is 37.2. The number of aromatic nitrogens is 13. The molecule has 0 saturated heterocycles. The number of carboxylic acids is 3. The maximum absolute atomic E-state index is 13.0. The quantitative estimate of drug-likeness (QED) is 0.0548. The molecule has 0 amide bonds. The van der Waals surface area contributed by atoms with Crippen molar-refractivity contribution in [3.05, 3.63) is 245 Å². The molecular formula is C83H88Br2K2N14O15. The molecule has 0 bridgehead atoms. The summed E-state index contributed by atoms with van der Waals surface area (Å²) in [6.45, 7) is 20.5. The number of rotatable bonds is 10. The number of imidazole rings is 1. The molecule has 0 spiro atoms. The van der Waals surface area contributed by atoms with Crippen molar-refractivity contribution in [1.29, 1.82) is 0 Å². The van der Waals surface area contributed by atoms with Crippen LogP contribution >= 0.6 is 32.9 Å². The van der Waals surface area contributed by atoms with Crippen molar-refractivity contribution in [2.75, 3.05) is 11.9 Å². The van der Waals surface area contributed by atoms with Gasteiger partial charge in [0.2, 0.25) is 5.78 Å². The third-order valence-corrected chi connectivity index (χ3v) is 20.0. The summed E-state index contributed by atoms with van der Waals surface area (Å²) in [6.07, 6.45) is 13.6. The predicted molar refractivity (Wildman–Crippen MR) is 436 cm³/mol. The van der Waals surface area contributed by atoms with Gasteiger partial charge in [0.25, 0.3) is 28.2 Å². The van der Waals surface area contributed by atoms with Gasteiger partial charge in [0.05, 0.1) is 83.6 Å². The number of halogens is 2. The fraction of sp³-hybridized carbons (Fsp3) is 0.325. The van der Waals surface area contributed by atoms with Gasteiger partial charge in [0.1, 0.15) is 40.5 Å². The molecule has 4 aliphatic rings. The van der Waals surface area contributed by atoms with Gasteiger partial charge in [-0.2, -0.15) is 0 Å². The summed E-state index contributed by atoms with van der Waals surface area (Å²) in [5.41, 5.74) is 6.04. The van der Waals surface area contributed by atoms with Gasteiger partial charge in [-0.05, 0) is 150 Å². The average molecular weight is 1760 g/mol. The number of aromatic carboxylic acids is 2. The van der Waals surface area contributed by atoms with Crippen LogP contribution in [0.4, 0.5) is 0 Å². The summed E-state index contributed by atoms with van der Waals surface area (Å²) in [4.78, 5) is 155. The van der Waals surface area contributed by atoms with Gasteiger partial charge in [-0.15, -0.1) is 17.0 Å². The van der Waals surface area contributed by atoms with Gasteiger partial charge in [0, 0.05) is 82.9 Å². The van der Waals surface area contributed by atoms with Crippen LogP contribution in [0, 0.1) is 21.7 Å². The number of fused-ring (bicyclic) bond motifs is 8. The van der Waals surface area contributed by atoms with Gasteiger partial charge in [0.15, 0.2) is 12.4 Å². The van der Waals surface area contributed by atoms with E-state index in [1.165, 1.54) is 42.6 Å². The molecule has 0 unspecified atom stereocenters. The molecule has 7 N–H and O–H groups in total. The minimum atomic E-state index is -1.26. The van der Waals surface area contributed by atoms with Crippen molar-refractivity contribution in [2.24, 2.45) is 21.7 Å². The molecule has 596 valence electrons. The molecule has 16 rings (SSSR count). The van der Waals surface area contributed by atoms with E-state index in [-0.39, 0.29) is 209 Å². The zero-order chi connectivity index (χ0) is 79.9. The van der Waals surface area contributed by atoms with E-state index in [1.54, 1.807) is 86.9 Å². The Morgan fingerprint density at radius 3 is 1.22 bits per heavy atom. The number of nitrogens with one attached hydrogen (secondary N) is 1. The Bertz CT molecular complexity index is 5740. The summed E-state index contributed by atoms with van der Waals surface area (Å²) in [6, 6.07) is 35.2. The van der Waals surface area contributed by atoms with E-state index in [1.807, 2.05) is 41.0 Å². The number of aliphatic carboxylic acids is 1. The first-order chi connectivity index (χ1) is 52.7. The zero-order valence-corrected chi connectivity index (χ0v) is 76.0. The van der Waals surface area contributed by atoms with Crippen molar-refractivity contribution in [3.63, 3.8) is 0 Å². The third kappa shape index (κ3) is 23.9. The second kappa shape index (κ2) is 41.2. The number of alkyl halides is 1. The van der Waals surface area contributed by atoms with Crippen LogP contribution < -0.4 is 136 Å². The topological polar surface area (TPSA) is 447 Å². The van der Waals surface area contributed by atoms with Gasteiger partial charge in [-0.1, -0.05) is 102 Å². The standard InChI is InChI=1S/C22H21N5O.C22H21N3O4.2C15H16N2O3.C7H6BrNO.C2H4O2.BrH.2K.H3N.H2O/c1-22(2)9-8-19-25-17-11-14(6-7-15(17)21(28)27(19)13-22)20-24-12-18(26-20)16-5-3-4-10-23-16;1-22(2)9-8-19-24-17-11-14(6-7-15(17)20(27)25(19)13-22)21(28)29-12-18(26)16-5-3-4-10-23-16;2*1-15(2)6-5-12-16-11-7-9(14(19)20)3-4-10(11)13(18)17(12)8-15;8-5-7(10)6-3-1-2-4-9-6;1-2(3)4;;;;;/h3-7,10-12H,8-9,13H2,1-2H3,(H,24,26);3-7,10-11H,8-9,12-13H2,1-2H3;2*3-4,7H,5-6,8H2,1-2H3,(H,19,20);1-4H,5H2;1H3,(H,3,4);1H;;;1H3;1H2/q;;;;;;;2*+1;;/p-2. The number of H-pyrrole nitrogens is 1. The number of hydrogen-bond donors (Lipinski definition) is 4. The average Bonchev–Trinajstić information content (AvgIpc) is 0.900. The van der Waals surface area contributed by atoms with E-state index in [0.717, 1.165) is 110 Å². The molecule has 4 aromatic carbocycles. The molecule has 0 fully saturated rings. The molecule has 12 aromatic rings. The van der Waals surface area contributed by atoms with Crippen LogP contribution in [-0.4, -0.2) is 126 Å². The molecular weight excluding hydrogens is 1670 g/mol.